The van der Waals surface area contributed by atoms with Crippen molar-refractivity contribution < 1.29 is 0 Å². The molecule has 0 atom stereocenters. The van der Waals surface area contributed by atoms with Crippen LogP contribution in [0.3, 0.4) is 0 Å². The van der Waals surface area contributed by atoms with E-state index in [1.807, 2.05) is 5.51 Å². The first kappa shape index (κ1) is 26.4. The van der Waals surface area contributed by atoms with Crippen molar-refractivity contribution in [1.29, 1.82) is 0 Å². The number of fused-ring (bicyclic) bond motifs is 12. The maximum atomic E-state index is 4.81. The Kier molecular flexibility index (Phi) is 5.06. The Morgan fingerprint density at radius 2 is 1.33 bits per heavy atom. The van der Waals surface area contributed by atoms with Crippen LogP contribution in [0.1, 0.15) is 25.0 Å². The molecule has 3 heterocycles. The molecule has 48 heavy (non-hydrogen) atoms. The summed E-state index contributed by atoms with van der Waals surface area (Å²) in [6.45, 7) is 4.72. The number of anilines is 3. The fourth-order valence-electron chi connectivity index (χ4n) is 8.67. The largest absolute Gasteiger partial charge is 0.310 e. The van der Waals surface area contributed by atoms with E-state index in [1.54, 1.807) is 11.3 Å². The van der Waals surface area contributed by atoms with Crippen LogP contribution in [0.4, 0.5) is 17.1 Å². The number of aromatic nitrogens is 2. The number of benzene rings is 7. The van der Waals surface area contributed by atoms with E-state index in [4.69, 9.17) is 4.98 Å². The first-order chi connectivity index (χ1) is 23.6. The van der Waals surface area contributed by atoms with Crippen LogP contribution in [-0.4, -0.2) is 9.38 Å². The lowest BCUT2D eigenvalue weighted by Crippen LogP contribution is -2.16. The third kappa shape index (κ3) is 3.30. The van der Waals surface area contributed by atoms with Crippen LogP contribution < -0.4 is 4.90 Å². The highest BCUT2D eigenvalue weighted by Gasteiger charge is 2.36. The molecule has 7 aromatic carbocycles. The Balaban J connectivity index is 1.22. The Morgan fingerprint density at radius 3 is 2.27 bits per heavy atom. The number of nitrogens with zero attached hydrogens (tertiary/aromatic N) is 3. The molecule has 4 heteroatoms. The van der Waals surface area contributed by atoms with Crippen LogP contribution in [-0.2, 0) is 5.41 Å². The Bertz CT molecular complexity index is 2940. The zero-order valence-corrected chi connectivity index (χ0v) is 27.3. The van der Waals surface area contributed by atoms with Crippen LogP contribution in [0.2, 0.25) is 0 Å². The molecular weight excluding hydrogens is 603 g/mol. The molecule has 226 valence electrons. The molecule has 0 amide bonds. The lowest BCUT2D eigenvalue weighted by atomic mass is 9.82. The first-order valence-corrected chi connectivity index (χ1v) is 17.4. The molecule has 0 radical (unpaired) electrons. The average Bonchev–Trinajstić information content (AvgIpc) is 3.87. The van der Waals surface area contributed by atoms with Gasteiger partial charge in [-0.05, 0) is 76.2 Å². The van der Waals surface area contributed by atoms with Crippen LogP contribution in [0, 0.1) is 0 Å². The number of hydrogen-bond acceptors (Lipinski definition) is 3. The van der Waals surface area contributed by atoms with E-state index in [-0.39, 0.29) is 5.41 Å². The molecule has 0 aliphatic heterocycles. The zero-order chi connectivity index (χ0) is 31.7. The minimum absolute atomic E-state index is 0.0938. The normalized spacial score (nSPS) is 13.8. The fraction of sp³-hybridized carbons (Fsp3) is 0.0682. The van der Waals surface area contributed by atoms with Gasteiger partial charge in [-0.25, -0.2) is 4.98 Å². The predicted octanol–water partition coefficient (Wildman–Crippen LogP) is 12.4. The molecule has 1 aliphatic rings. The smallest absolute Gasteiger partial charge is 0.0826 e. The maximum Gasteiger partial charge on any atom is 0.0826 e. The minimum Gasteiger partial charge on any atom is -0.310 e. The van der Waals surface area contributed by atoms with Gasteiger partial charge in [-0.15, -0.1) is 11.3 Å². The summed E-state index contributed by atoms with van der Waals surface area (Å²) in [5, 5.41) is 7.55. The van der Waals surface area contributed by atoms with Crippen molar-refractivity contribution in [3.63, 3.8) is 0 Å². The lowest BCUT2D eigenvalue weighted by molar-refractivity contribution is 0.660. The third-order valence-electron chi connectivity index (χ3n) is 10.8. The van der Waals surface area contributed by atoms with Gasteiger partial charge in [0.25, 0.3) is 0 Å². The molecule has 3 nitrogen and oxygen atoms in total. The molecule has 0 N–H and O–H groups in total. The van der Waals surface area contributed by atoms with Crippen molar-refractivity contribution in [2.45, 2.75) is 19.3 Å². The SMILES string of the molecule is CC1(C)c2ccccc2-c2ccc(N(c3ccc4c(c3)c3cc5ncsc5c5c6ccccc6n4c35)c3cccc4ccccc34)cc21. The number of rotatable bonds is 3. The molecule has 0 saturated carbocycles. The Hall–Kier alpha value is -5.71. The topological polar surface area (TPSA) is 20.5 Å². The van der Waals surface area contributed by atoms with Crippen LogP contribution >= 0.6 is 11.3 Å². The second-order valence-corrected chi connectivity index (χ2v) is 14.5. The molecule has 0 spiro atoms. The zero-order valence-electron chi connectivity index (χ0n) is 26.5. The van der Waals surface area contributed by atoms with Crippen LogP contribution in [0.15, 0.2) is 139 Å². The van der Waals surface area contributed by atoms with Gasteiger partial charge in [0, 0.05) is 43.7 Å². The minimum atomic E-state index is -0.0938. The van der Waals surface area contributed by atoms with E-state index in [0.717, 1.165) is 16.9 Å². The summed E-state index contributed by atoms with van der Waals surface area (Å²) < 4.78 is 3.73. The molecule has 11 rings (SSSR count). The fourth-order valence-corrected chi connectivity index (χ4v) is 9.49. The van der Waals surface area contributed by atoms with Crippen molar-refractivity contribution in [2.75, 3.05) is 4.90 Å². The molecule has 0 bridgehead atoms. The number of hydrogen-bond donors (Lipinski definition) is 0. The third-order valence-corrected chi connectivity index (χ3v) is 11.7. The van der Waals surface area contributed by atoms with E-state index in [0.29, 0.717) is 0 Å². The van der Waals surface area contributed by atoms with E-state index in [2.05, 4.69) is 157 Å². The standard InChI is InChI=1S/C44H29N3S/c1-44(2)35-15-7-5-13-30(35)31-20-18-28(23-36(31)44)46(38-17-9-11-26-10-3-4-12-29(26)38)27-19-21-40-33(22-27)34-24-37-43(48-25-45-37)41-32-14-6-8-16-39(32)47(40)42(34)41/h3-25H,1-2H3. The highest BCUT2D eigenvalue weighted by molar-refractivity contribution is 7.18. The molecule has 3 aromatic heterocycles. The lowest BCUT2D eigenvalue weighted by Gasteiger charge is -2.29. The first-order valence-electron chi connectivity index (χ1n) is 16.5. The van der Waals surface area contributed by atoms with Crippen molar-refractivity contribution in [2.24, 2.45) is 0 Å². The highest BCUT2D eigenvalue weighted by Crippen LogP contribution is 2.52. The summed E-state index contributed by atoms with van der Waals surface area (Å²) >= 11 is 1.74. The van der Waals surface area contributed by atoms with E-state index in [1.165, 1.54) is 81.5 Å². The summed E-state index contributed by atoms with van der Waals surface area (Å²) in [4.78, 5) is 7.27. The van der Waals surface area contributed by atoms with Gasteiger partial charge < -0.3 is 9.30 Å². The van der Waals surface area contributed by atoms with Gasteiger partial charge in [-0.3, -0.25) is 0 Å². The van der Waals surface area contributed by atoms with Gasteiger partial charge in [-0.2, -0.15) is 0 Å². The summed E-state index contributed by atoms with van der Waals surface area (Å²) in [6, 6.07) is 49.5. The van der Waals surface area contributed by atoms with Crippen molar-refractivity contribution in [3.8, 4) is 11.1 Å². The second kappa shape index (κ2) is 9.21. The monoisotopic (exact) mass is 631 g/mol. The Morgan fingerprint density at radius 1 is 0.604 bits per heavy atom. The average molecular weight is 632 g/mol. The highest BCUT2D eigenvalue weighted by atomic mass is 32.1. The van der Waals surface area contributed by atoms with Gasteiger partial charge >= 0.3 is 0 Å². The molecule has 0 unspecified atom stereocenters. The van der Waals surface area contributed by atoms with Crippen molar-refractivity contribution in [1.82, 2.24) is 9.38 Å². The van der Waals surface area contributed by atoms with Crippen molar-refractivity contribution in [3.05, 3.63) is 150 Å². The van der Waals surface area contributed by atoms with Gasteiger partial charge in [0.15, 0.2) is 0 Å². The number of para-hydroxylation sites is 1. The second-order valence-electron chi connectivity index (χ2n) is 13.6. The van der Waals surface area contributed by atoms with Gasteiger partial charge in [0.2, 0.25) is 0 Å². The van der Waals surface area contributed by atoms with E-state index in [9.17, 15) is 0 Å². The van der Waals surface area contributed by atoms with Gasteiger partial charge in [0.1, 0.15) is 0 Å². The van der Waals surface area contributed by atoms with Crippen LogP contribution in [0.25, 0.3) is 70.2 Å². The quantitative estimate of drug-likeness (QED) is 0.193. The summed E-state index contributed by atoms with van der Waals surface area (Å²) in [6.07, 6.45) is 0. The maximum absolute atomic E-state index is 4.81. The molecular formula is C44H29N3S. The van der Waals surface area contributed by atoms with Crippen molar-refractivity contribution >= 4 is 87.5 Å². The molecule has 0 fully saturated rings. The van der Waals surface area contributed by atoms with E-state index >= 15 is 0 Å². The predicted molar refractivity (Wildman–Crippen MR) is 204 cm³/mol. The van der Waals surface area contributed by atoms with Crippen LogP contribution in [0.5, 0.6) is 0 Å². The summed E-state index contributed by atoms with van der Waals surface area (Å²) in [5.74, 6) is 0. The molecule has 1 aliphatic carbocycles. The summed E-state index contributed by atoms with van der Waals surface area (Å²) in [7, 11) is 0. The van der Waals surface area contributed by atoms with Gasteiger partial charge in [-0.1, -0.05) is 98.8 Å². The summed E-state index contributed by atoms with van der Waals surface area (Å²) in [5.41, 5.74) is 15.6. The molecule has 10 aromatic rings. The number of thiazole rings is 1. The van der Waals surface area contributed by atoms with Gasteiger partial charge in [0.05, 0.1) is 38.0 Å². The van der Waals surface area contributed by atoms with E-state index < -0.39 is 0 Å². The Labute approximate surface area is 281 Å². The molecule has 0 saturated heterocycles.